The maximum Gasteiger partial charge on any atom is 0.325 e. The molecule has 0 aliphatic heterocycles. The van der Waals surface area contributed by atoms with Crippen LogP contribution in [0.2, 0.25) is 0 Å². The van der Waals surface area contributed by atoms with Crippen LogP contribution in [0.15, 0.2) is 18.2 Å². The second-order valence-electron chi connectivity index (χ2n) is 3.37. The zero-order valence-corrected chi connectivity index (χ0v) is 8.66. The van der Waals surface area contributed by atoms with Gasteiger partial charge in [0.05, 0.1) is 0 Å². The van der Waals surface area contributed by atoms with Crippen LogP contribution < -0.4 is 5.32 Å². The summed E-state index contributed by atoms with van der Waals surface area (Å²) in [6, 6.07) is 5.17. The number of carboxylic acids is 1. The van der Waals surface area contributed by atoms with Crippen LogP contribution in [-0.4, -0.2) is 18.1 Å². The van der Waals surface area contributed by atoms with Crippen LogP contribution in [0.1, 0.15) is 22.7 Å². The molecule has 1 aromatic carbocycles. The fourth-order valence-electron chi connectivity index (χ4n) is 1.67. The first-order valence-corrected chi connectivity index (χ1v) is 4.54. The highest BCUT2D eigenvalue weighted by Crippen LogP contribution is 2.21. The molecule has 14 heavy (non-hydrogen) atoms. The van der Waals surface area contributed by atoms with Crippen LogP contribution in [0.25, 0.3) is 0 Å². The Labute approximate surface area is 83.8 Å². The number of aliphatic carboxylic acids is 1. The number of likely N-dealkylation sites (N-methyl/N-ethyl adjacent to an activating group) is 1. The van der Waals surface area contributed by atoms with Crippen molar-refractivity contribution in [1.82, 2.24) is 5.32 Å². The highest BCUT2D eigenvalue weighted by molar-refractivity contribution is 5.76. The van der Waals surface area contributed by atoms with E-state index in [9.17, 15) is 4.79 Å². The first-order valence-electron chi connectivity index (χ1n) is 4.54. The standard InChI is InChI=1S/C11H15NO2/c1-7-5-4-6-8(2)9(7)10(12-3)11(13)14/h4-6,10,12H,1-3H3,(H,13,14). The third kappa shape index (κ3) is 1.93. The Hall–Kier alpha value is -1.35. The van der Waals surface area contributed by atoms with Gasteiger partial charge in [-0.05, 0) is 37.6 Å². The maximum atomic E-state index is 11.0. The van der Waals surface area contributed by atoms with Crippen LogP contribution in [0.3, 0.4) is 0 Å². The summed E-state index contributed by atoms with van der Waals surface area (Å²) in [5, 5.41) is 11.8. The molecule has 0 spiro atoms. The van der Waals surface area contributed by atoms with Crippen LogP contribution in [-0.2, 0) is 4.79 Å². The predicted octanol–water partition coefficient (Wildman–Crippen LogP) is 1.65. The third-order valence-corrected chi connectivity index (χ3v) is 2.37. The third-order valence-electron chi connectivity index (χ3n) is 2.37. The highest BCUT2D eigenvalue weighted by Gasteiger charge is 2.20. The van der Waals surface area contributed by atoms with E-state index < -0.39 is 12.0 Å². The van der Waals surface area contributed by atoms with Crippen molar-refractivity contribution in [3.05, 3.63) is 34.9 Å². The van der Waals surface area contributed by atoms with Crippen molar-refractivity contribution in [2.75, 3.05) is 7.05 Å². The average Bonchev–Trinajstić information content (AvgIpc) is 2.10. The van der Waals surface area contributed by atoms with Crippen molar-refractivity contribution in [3.63, 3.8) is 0 Å². The molecule has 1 atom stereocenters. The normalized spacial score (nSPS) is 12.5. The Morgan fingerprint density at radius 3 is 2.21 bits per heavy atom. The first-order chi connectivity index (χ1) is 6.57. The lowest BCUT2D eigenvalue weighted by Crippen LogP contribution is -2.26. The number of hydrogen-bond acceptors (Lipinski definition) is 2. The van der Waals surface area contributed by atoms with E-state index in [-0.39, 0.29) is 0 Å². The second-order valence-corrected chi connectivity index (χ2v) is 3.37. The molecule has 0 saturated carbocycles. The molecule has 0 amide bonds. The fraction of sp³-hybridized carbons (Fsp3) is 0.364. The van der Waals surface area contributed by atoms with Gasteiger partial charge >= 0.3 is 5.97 Å². The summed E-state index contributed by atoms with van der Waals surface area (Å²) >= 11 is 0. The van der Waals surface area contributed by atoms with Gasteiger partial charge in [-0.1, -0.05) is 18.2 Å². The van der Waals surface area contributed by atoms with Gasteiger partial charge in [0.25, 0.3) is 0 Å². The minimum Gasteiger partial charge on any atom is -0.480 e. The Kier molecular flexibility index (Phi) is 3.25. The number of aryl methyl sites for hydroxylation is 2. The van der Waals surface area contributed by atoms with Crippen LogP contribution in [0, 0.1) is 13.8 Å². The summed E-state index contributed by atoms with van der Waals surface area (Å²) in [5.41, 5.74) is 2.88. The quantitative estimate of drug-likeness (QED) is 0.767. The fourth-order valence-corrected chi connectivity index (χ4v) is 1.67. The number of rotatable bonds is 3. The summed E-state index contributed by atoms with van der Waals surface area (Å²) in [6.07, 6.45) is 0. The largest absolute Gasteiger partial charge is 0.480 e. The Balaban J connectivity index is 3.22. The minimum atomic E-state index is -0.843. The maximum absolute atomic E-state index is 11.0. The molecule has 0 bridgehead atoms. The van der Waals surface area contributed by atoms with E-state index in [2.05, 4.69) is 5.32 Å². The van der Waals surface area contributed by atoms with E-state index in [1.807, 2.05) is 32.0 Å². The number of carboxylic acid groups (broad SMARTS) is 1. The Bertz CT molecular complexity index is 327. The van der Waals surface area contributed by atoms with Gasteiger partial charge in [-0.3, -0.25) is 4.79 Å². The molecule has 1 aromatic rings. The molecular weight excluding hydrogens is 178 g/mol. The molecule has 76 valence electrons. The average molecular weight is 193 g/mol. The molecule has 0 aliphatic carbocycles. The summed E-state index contributed by atoms with van der Waals surface area (Å²) in [4.78, 5) is 11.0. The van der Waals surface area contributed by atoms with Gasteiger partial charge in [-0.2, -0.15) is 0 Å². The molecule has 0 fully saturated rings. The molecule has 0 heterocycles. The molecule has 1 unspecified atom stereocenters. The van der Waals surface area contributed by atoms with E-state index in [0.29, 0.717) is 0 Å². The lowest BCUT2D eigenvalue weighted by atomic mass is 9.96. The van der Waals surface area contributed by atoms with E-state index in [4.69, 9.17) is 5.11 Å². The van der Waals surface area contributed by atoms with Gasteiger partial charge in [-0.15, -0.1) is 0 Å². The van der Waals surface area contributed by atoms with Gasteiger partial charge in [0.1, 0.15) is 6.04 Å². The zero-order chi connectivity index (χ0) is 10.7. The molecule has 0 aromatic heterocycles. The van der Waals surface area contributed by atoms with Crippen LogP contribution >= 0.6 is 0 Å². The topological polar surface area (TPSA) is 49.3 Å². The summed E-state index contributed by atoms with van der Waals surface area (Å²) in [5.74, 6) is -0.843. The highest BCUT2D eigenvalue weighted by atomic mass is 16.4. The van der Waals surface area contributed by atoms with Crippen molar-refractivity contribution < 1.29 is 9.90 Å². The molecular formula is C11H15NO2. The SMILES string of the molecule is CNC(C(=O)O)c1c(C)cccc1C. The van der Waals surface area contributed by atoms with Gasteiger partial charge in [0, 0.05) is 0 Å². The van der Waals surface area contributed by atoms with Crippen molar-refractivity contribution in [1.29, 1.82) is 0 Å². The van der Waals surface area contributed by atoms with E-state index >= 15 is 0 Å². The van der Waals surface area contributed by atoms with E-state index in [1.165, 1.54) is 0 Å². The van der Waals surface area contributed by atoms with Gasteiger partial charge in [-0.25, -0.2) is 0 Å². The van der Waals surface area contributed by atoms with Crippen LogP contribution in [0.5, 0.6) is 0 Å². The van der Waals surface area contributed by atoms with Crippen LogP contribution in [0.4, 0.5) is 0 Å². The molecule has 3 nitrogen and oxygen atoms in total. The number of hydrogen-bond donors (Lipinski definition) is 2. The number of nitrogens with one attached hydrogen (secondary N) is 1. The zero-order valence-electron chi connectivity index (χ0n) is 8.66. The monoisotopic (exact) mass is 193 g/mol. The molecule has 0 radical (unpaired) electrons. The number of carbonyl (C=O) groups is 1. The van der Waals surface area contributed by atoms with Crippen molar-refractivity contribution in [2.45, 2.75) is 19.9 Å². The smallest absolute Gasteiger partial charge is 0.325 e. The molecule has 1 rings (SSSR count). The summed E-state index contributed by atoms with van der Waals surface area (Å²) in [6.45, 7) is 3.85. The summed E-state index contributed by atoms with van der Waals surface area (Å²) in [7, 11) is 1.66. The molecule has 0 aliphatic rings. The molecule has 2 N–H and O–H groups in total. The van der Waals surface area contributed by atoms with Gasteiger partial charge in [0.15, 0.2) is 0 Å². The molecule has 3 heteroatoms. The van der Waals surface area contributed by atoms with Crippen molar-refractivity contribution in [2.24, 2.45) is 0 Å². The Morgan fingerprint density at radius 1 is 1.36 bits per heavy atom. The number of benzene rings is 1. The predicted molar refractivity (Wildman–Crippen MR) is 55.4 cm³/mol. The summed E-state index contributed by atoms with van der Waals surface area (Å²) < 4.78 is 0. The molecule has 0 saturated heterocycles. The van der Waals surface area contributed by atoms with E-state index in [1.54, 1.807) is 7.05 Å². The van der Waals surface area contributed by atoms with Gasteiger partial charge < -0.3 is 10.4 Å². The van der Waals surface area contributed by atoms with E-state index in [0.717, 1.165) is 16.7 Å². The van der Waals surface area contributed by atoms with Crippen molar-refractivity contribution >= 4 is 5.97 Å². The van der Waals surface area contributed by atoms with Gasteiger partial charge in [0.2, 0.25) is 0 Å². The minimum absolute atomic E-state index is 0.615. The first kappa shape index (κ1) is 10.7. The lowest BCUT2D eigenvalue weighted by molar-refractivity contribution is -0.139. The Morgan fingerprint density at radius 2 is 1.86 bits per heavy atom. The lowest BCUT2D eigenvalue weighted by Gasteiger charge is -2.16. The second kappa shape index (κ2) is 4.24. The van der Waals surface area contributed by atoms with Crippen molar-refractivity contribution in [3.8, 4) is 0 Å².